The van der Waals surface area contributed by atoms with Gasteiger partial charge in [-0.1, -0.05) is 36.4 Å². The predicted molar refractivity (Wildman–Crippen MR) is 142 cm³/mol. The van der Waals surface area contributed by atoms with Crippen LogP contribution in [0.3, 0.4) is 0 Å². The molecule has 3 aromatic rings. The maximum Gasteiger partial charge on any atom is 0.187 e. The molecule has 0 N–H and O–H groups in total. The van der Waals surface area contributed by atoms with Gasteiger partial charge in [-0.25, -0.2) is 4.85 Å². The second kappa shape index (κ2) is 13.3. The highest BCUT2D eigenvalue weighted by molar-refractivity contribution is 5.64. The van der Waals surface area contributed by atoms with E-state index in [9.17, 15) is 0 Å². The summed E-state index contributed by atoms with van der Waals surface area (Å²) in [6.45, 7) is 14.9. The first kappa shape index (κ1) is 25.3. The monoisotopic (exact) mass is 480 g/mol. The quantitative estimate of drug-likeness (QED) is 0.263. The lowest BCUT2D eigenvalue weighted by atomic mass is 10.0. The van der Waals surface area contributed by atoms with E-state index in [2.05, 4.69) is 32.8 Å². The molecule has 0 amide bonds. The highest BCUT2D eigenvalue weighted by Gasteiger charge is 2.16. The Labute approximate surface area is 214 Å². The molecule has 1 aliphatic rings. The van der Waals surface area contributed by atoms with Crippen LogP contribution in [0.25, 0.3) is 16.0 Å². The molecule has 184 valence electrons. The zero-order valence-electron chi connectivity index (χ0n) is 20.6. The topological polar surface area (TPSA) is 53.1 Å². The molecule has 0 aromatic heterocycles. The van der Waals surface area contributed by atoms with Gasteiger partial charge in [0.1, 0.15) is 11.5 Å². The van der Waals surface area contributed by atoms with E-state index in [1.165, 1.54) is 0 Å². The van der Waals surface area contributed by atoms with Crippen LogP contribution in [0.4, 0.5) is 5.69 Å². The van der Waals surface area contributed by atoms with Crippen LogP contribution < -0.4 is 9.47 Å². The van der Waals surface area contributed by atoms with E-state index in [0.717, 1.165) is 74.7 Å². The molecule has 0 aliphatic carbocycles. The van der Waals surface area contributed by atoms with Crippen LogP contribution in [0, 0.1) is 17.9 Å². The Balaban J connectivity index is 1.06. The van der Waals surface area contributed by atoms with Gasteiger partial charge in [0.15, 0.2) is 5.69 Å². The van der Waals surface area contributed by atoms with E-state index in [1.807, 2.05) is 48.5 Å². The van der Waals surface area contributed by atoms with Gasteiger partial charge in [0.2, 0.25) is 0 Å². The van der Waals surface area contributed by atoms with Crippen molar-refractivity contribution in [3.8, 4) is 28.7 Å². The van der Waals surface area contributed by atoms with E-state index in [-0.39, 0.29) is 0 Å². The molecule has 0 radical (unpaired) electrons. The van der Waals surface area contributed by atoms with Crippen molar-refractivity contribution in [1.82, 2.24) is 9.80 Å². The fourth-order valence-corrected chi connectivity index (χ4v) is 4.29. The molecule has 6 nitrogen and oxygen atoms in total. The number of hydrogen-bond donors (Lipinski definition) is 0. The van der Waals surface area contributed by atoms with Gasteiger partial charge < -0.3 is 19.3 Å². The number of nitriles is 1. The van der Waals surface area contributed by atoms with Gasteiger partial charge in [-0.15, -0.1) is 0 Å². The van der Waals surface area contributed by atoms with Crippen molar-refractivity contribution >= 4 is 5.69 Å². The molecule has 0 saturated carbocycles. The number of rotatable bonds is 11. The first-order valence-electron chi connectivity index (χ1n) is 12.5. The first-order valence-corrected chi connectivity index (χ1v) is 12.5. The molecule has 1 aliphatic heterocycles. The van der Waals surface area contributed by atoms with Gasteiger partial charge in [-0.3, -0.25) is 0 Å². The third kappa shape index (κ3) is 7.58. The molecular weight excluding hydrogens is 448 g/mol. The van der Waals surface area contributed by atoms with Crippen molar-refractivity contribution < 1.29 is 9.47 Å². The van der Waals surface area contributed by atoms with E-state index in [4.69, 9.17) is 21.3 Å². The smallest absolute Gasteiger partial charge is 0.187 e. The Morgan fingerprint density at radius 3 is 1.58 bits per heavy atom. The van der Waals surface area contributed by atoms with Crippen LogP contribution >= 0.6 is 0 Å². The number of benzene rings is 3. The van der Waals surface area contributed by atoms with Crippen molar-refractivity contribution in [3.05, 3.63) is 89.8 Å². The Bertz CT molecular complexity index is 1150. The lowest BCUT2D eigenvalue weighted by molar-refractivity contribution is 0.120. The molecular formula is C30H32N4O2. The number of nitrogens with zero attached hydrogens (tertiary/aromatic N) is 4. The molecule has 0 unspecified atom stereocenters. The van der Waals surface area contributed by atoms with Crippen molar-refractivity contribution in [2.45, 2.75) is 12.8 Å². The minimum Gasteiger partial charge on any atom is -0.494 e. The molecule has 4 rings (SSSR count). The second-order valence-corrected chi connectivity index (χ2v) is 8.91. The molecule has 6 heteroatoms. The normalized spacial score (nSPS) is 14.1. The molecule has 0 atom stereocenters. The maximum atomic E-state index is 8.94. The van der Waals surface area contributed by atoms with Crippen LogP contribution in [-0.4, -0.2) is 62.3 Å². The van der Waals surface area contributed by atoms with E-state index < -0.39 is 0 Å². The van der Waals surface area contributed by atoms with E-state index >= 15 is 0 Å². The van der Waals surface area contributed by atoms with Crippen LogP contribution in [0.5, 0.6) is 11.5 Å². The molecule has 1 saturated heterocycles. The van der Waals surface area contributed by atoms with Crippen molar-refractivity contribution in [3.63, 3.8) is 0 Å². The minimum atomic E-state index is 0.640. The van der Waals surface area contributed by atoms with Gasteiger partial charge in [-0.05, 0) is 60.4 Å². The standard InChI is InChI=1S/C30H32N4O2/c1-32-28-10-14-30(15-11-28)36-23-3-17-34-20-18-33(19-21-34)16-2-22-35-29-12-8-27(9-13-29)26-6-4-25(24-31)5-7-26/h4-15H,2-3,16-23H2. The van der Waals surface area contributed by atoms with Gasteiger partial charge in [0.05, 0.1) is 31.4 Å². The summed E-state index contributed by atoms with van der Waals surface area (Å²) in [4.78, 5) is 8.42. The van der Waals surface area contributed by atoms with Gasteiger partial charge in [0, 0.05) is 39.3 Å². The minimum absolute atomic E-state index is 0.640. The Morgan fingerprint density at radius 1 is 0.694 bits per heavy atom. The van der Waals surface area contributed by atoms with Crippen LogP contribution in [0.1, 0.15) is 18.4 Å². The van der Waals surface area contributed by atoms with E-state index in [0.29, 0.717) is 24.5 Å². The second-order valence-electron chi connectivity index (χ2n) is 8.91. The lowest BCUT2D eigenvalue weighted by Gasteiger charge is -2.34. The summed E-state index contributed by atoms with van der Waals surface area (Å²) in [6, 6.07) is 25.2. The fourth-order valence-electron chi connectivity index (χ4n) is 4.29. The van der Waals surface area contributed by atoms with Crippen LogP contribution in [0.2, 0.25) is 0 Å². The molecule has 36 heavy (non-hydrogen) atoms. The molecule has 0 bridgehead atoms. The zero-order chi connectivity index (χ0) is 25.0. The van der Waals surface area contributed by atoms with E-state index in [1.54, 1.807) is 12.1 Å². The summed E-state index contributed by atoms with van der Waals surface area (Å²) in [7, 11) is 0. The lowest BCUT2D eigenvalue weighted by Crippen LogP contribution is -2.47. The van der Waals surface area contributed by atoms with Crippen molar-refractivity contribution in [2.24, 2.45) is 0 Å². The fraction of sp³-hybridized carbons (Fsp3) is 0.333. The van der Waals surface area contributed by atoms with Crippen LogP contribution in [-0.2, 0) is 0 Å². The third-order valence-corrected chi connectivity index (χ3v) is 6.41. The molecule has 0 spiro atoms. The summed E-state index contributed by atoms with van der Waals surface area (Å²) in [5.74, 6) is 1.72. The zero-order valence-corrected chi connectivity index (χ0v) is 20.6. The van der Waals surface area contributed by atoms with Gasteiger partial charge in [0.25, 0.3) is 0 Å². The molecule has 3 aromatic carbocycles. The Hall–Kier alpha value is -3.84. The first-order chi connectivity index (χ1) is 17.7. The number of ether oxygens (including phenoxy) is 2. The Kier molecular flexibility index (Phi) is 9.33. The third-order valence-electron chi connectivity index (χ3n) is 6.41. The molecule has 1 fully saturated rings. The summed E-state index contributed by atoms with van der Waals surface area (Å²) >= 11 is 0. The van der Waals surface area contributed by atoms with Gasteiger partial charge >= 0.3 is 0 Å². The predicted octanol–water partition coefficient (Wildman–Crippen LogP) is 5.63. The highest BCUT2D eigenvalue weighted by atomic mass is 16.5. The number of piperazine rings is 1. The maximum absolute atomic E-state index is 8.94. The SMILES string of the molecule is [C-]#[N+]c1ccc(OCCCN2CCN(CCCOc3ccc(-c4ccc(C#N)cc4)cc3)CC2)cc1. The molecule has 1 heterocycles. The summed E-state index contributed by atoms with van der Waals surface area (Å²) < 4.78 is 11.7. The Morgan fingerprint density at radius 2 is 1.14 bits per heavy atom. The van der Waals surface area contributed by atoms with Gasteiger partial charge in [-0.2, -0.15) is 5.26 Å². The summed E-state index contributed by atoms with van der Waals surface area (Å²) in [6.07, 6.45) is 2.01. The van der Waals surface area contributed by atoms with Crippen LogP contribution in [0.15, 0.2) is 72.8 Å². The van der Waals surface area contributed by atoms with Crippen molar-refractivity contribution in [1.29, 1.82) is 5.26 Å². The average molecular weight is 481 g/mol. The largest absolute Gasteiger partial charge is 0.494 e. The highest BCUT2D eigenvalue weighted by Crippen LogP contribution is 2.23. The summed E-state index contributed by atoms with van der Waals surface area (Å²) in [5, 5.41) is 8.94. The number of hydrogen-bond acceptors (Lipinski definition) is 5. The summed E-state index contributed by atoms with van der Waals surface area (Å²) in [5.41, 5.74) is 3.53. The average Bonchev–Trinajstić information content (AvgIpc) is 2.95. The van der Waals surface area contributed by atoms with Crippen molar-refractivity contribution in [2.75, 3.05) is 52.5 Å².